The number of nitrogens with zero attached hydrogens (tertiary/aromatic N) is 1. The van der Waals surface area contributed by atoms with Gasteiger partial charge in [0.25, 0.3) is 11.8 Å². The lowest BCUT2D eigenvalue weighted by Gasteiger charge is -2.13. The van der Waals surface area contributed by atoms with E-state index >= 15 is 0 Å². The van der Waals surface area contributed by atoms with Crippen molar-refractivity contribution in [1.29, 1.82) is 0 Å². The highest BCUT2D eigenvalue weighted by Crippen LogP contribution is 2.42. The van der Waals surface area contributed by atoms with Crippen LogP contribution in [0.15, 0.2) is 91.3 Å². The van der Waals surface area contributed by atoms with E-state index in [1.807, 2.05) is 30.5 Å². The smallest absolute Gasteiger partial charge is 0.395 e. The van der Waals surface area contributed by atoms with Crippen LogP contribution in [0.4, 0.5) is 20.2 Å². The number of alkyl halides is 2. The fraction of sp³-hybridized carbons (Fsp3) is 0.129. The number of aromatic amines is 1. The Bertz CT molecular complexity index is 1790. The lowest BCUT2D eigenvalue weighted by Crippen LogP contribution is -2.26. The van der Waals surface area contributed by atoms with Crippen LogP contribution in [0.5, 0.6) is 11.5 Å². The summed E-state index contributed by atoms with van der Waals surface area (Å²) >= 11 is 0. The highest BCUT2D eigenvalue weighted by Gasteiger charge is 2.43. The van der Waals surface area contributed by atoms with E-state index in [1.165, 1.54) is 18.2 Å². The third kappa shape index (κ3) is 5.85. The van der Waals surface area contributed by atoms with Crippen LogP contribution in [-0.4, -0.2) is 34.6 Å². The van der Waals surface area contributed by atoms with E-state index in [9.17, 15) is 18.4 Å². The second-order valence-electron chi connectivity index (χ2n) is 9.60. The number of H-pyrrole nitrogens is 1. The summed E-state index contributed by atoms with van der Waals surface area (Å²) in [6.07, 6.45) is 0.449. The van der Waals surface area contributed by atoms with E-state index in [0.29, 0.717) is 30.8 Å². The SMILES string of the molecule is O=C(NCCc1c[nH]c2ccccc12)c1cc(CNc2ccccc2C(=O)Nc2ccc3c(c2)OC(F)(F)O3)ccn1. The van der Waals surface area contributed by atoms with Crippen LogP contribution in [0.3, 0.4) is 0 Å². The summed E-state index contributed by atoms with van der Waals surface area (Å²) in [5.74, 6) is -1.01. The minimum absolute atomic E-state index is 0.111. The van der Waals surface area contributed by atoms with Crippen molar-refractivity contribution in [2.24, 2.45) is 0 Å². The monoisotopic (exact) mass is 569 g/mol. The van der Waals surface area contributed by atoms with Gasteiger partial charge in [-0.25, -0.2) is 0 Å². The predicted octanol–water partition coefficient (Wildman–Crippen LogP) is 5.72. The van der Waals surface area contributed by atoms with Crippen LogP contribution in [0, 0.1) is 0 Å². The van der Waals surface area contributed by atoms with Gasteiger partial charge < -0.3 is 30.4 Å². The third-order valence-electron chi connectivity index (χ3n) is 6.73. The number of halogens is 2. The van der Waals surface area contributed by atoms with Gasteiger partial charge in [0.05, 0.1) is 5.56 Å². The number of rotatable bonds is 9. The average molecular weight is 570 g/mol. The molecule has 0 radical (unpaired) electrons. The number of fused-ring (bicyclic) bond motifs is 2. The Morgan fingerprint density at radius 2 is 1.71 bits per heavy atom. The van der Waals surface area contributed by atoms with E-state index < -0.39 is 12.2 Å². The molecule has 0 bridgehead atoms. The normalized spacial score (nSPS) is 13.1. The summed E-state index contributed by atoms with van der Waals surface area (Å²) in [4.78, 5) is 33.3. The minimum Gasteiger partial charge on any atom is -0.395 e. The molecule has 3 heterocycles. The second kappa shape index (κ2) is 11.2. The van der Waals surface area contributed by atoms with Gasteiger partial charge in [0.2, 0.25) is 0 Å². The quantitative estimate of drug-likeness (QED) is 0.180. The largest absolute Gasteiger partial charge is 0.586 e. The summed E-state index contributed by atoms with van der Waals surface area (Å²) in [5, 5.41) is 9.97. The van der Waals surface area contributed by atoms with Crippen LogP contribution in [0.25, 0.3) is 10.9 Å². The number of hydrogen-bond donors (Lipinski definition) is 4. The van der Waals surface area contributed by atoms with E-state index in [0.717, 1.165) is 22.0 Å². The van der Waals surface area contributed by atoms with Crippen molar-refractivity contribution in [2.75, 3.05) is 17.2 Å². The number of nitrogens with one attached hydrogen (secondary N) is 4. The van der Waals surface area contributed by atoms with Gasteiger partial charge in [0, 0.05) is 53.8 Å². The number of hydrogen-bond acceptors (Lipinski definition) is 6. The molecule has 0 unspecified atom stereocenters. The number of anilines is 2. The molecule has 2 amide bonds. The molecule has 6 rings (SSSR count). The molecule has 0 spiro atoms. The van der Waals surface area contributed by atoms with Gasteiger partial charge in [-0.15, -0.1) is 8.78 Å². The maximum atomic E-state index is 13.3. The van der Waals surface area contributed by atoms with Gasteiger partial charge in [-0.1, -0.05) is 30.3 Å². The molecule has 0 saturated heterocycles. The van der Waals surface area contributed by atoms with Crippen molar-refractivity contribution >= 4 is 34.1 Å². The van der Waals surface area contributed by atoms with Gasteiger partial charge in [-0.05, 0) is 60.0 Å². The molecule has 0 atom stereocenters. The third-order valence-corrected chi connectivity index (χ3v) is 6.73. The van der Waals surface area contributed by atoms with Crippen molar-refractivity contribution in [2.45, 2.75) is 19.3 Å². The van der Waals surface area contributed by atoms with Gasteiger partial charge >= 0.3 is 6.29 Å². The van der Waals surface area contributed by atoms with Gasteiger partial charge in [-0.3, -0.25) is 14.6 Å². The van der Waals surface area contributed by atoms with E-state index in [-0.39, 0.29) is 28.8 Å². The molecule has 1 aliphatic heterocycles. The highest BCUT2D eigenvalue weighted by molar-refractivity contribution is 6.08. The van der Waals surface area contributed by atoms with E-state index in [1.54, 1.807) is 42.6 Å². The molecule has 212 valence electrons. The first-order valence-corrected chi connectivity index (χ1v) is 13.2. The lowest BCUT2D eigenvalue weighted by molar-refractivity contribution is -0.286. The molecule has 0 fully saturated rings. The van der Waals surface area contributed by atoms with Crippen molar-refractivity contribution in [1.82, 2.24) is 15.3 Å². The molecule has 0 aliphatic carbocycles. The molecule has 9 nitrogen and oxygen atoms in total. The number of ether oxygens (including phenoxy) is 2. The molecule has 3 aromatic carbocycles. The summed E-state index contributed by atoms with van der Waals surface area (Å²) in [6.45, 7) is 0.778. The van der Waals surface area contributed by atoms with Crippen molar-refractivity contribution < 1.29 is 27.8 Å². The second-order valence-corrected chi connectivity index (χ2v) is 9.60. The minimum atomic E-state index is -3.74. The number of benzene rings is 3. The fourth-order valence-corrected chi connectivity index (χ4v) is 4.71. The van der Waals surface area contributed by atoms with E-state index in [2.05, 4.69) is 35.4 Å². The van der Waals surface area contributed by atoms with Gasteiger partial charge in [-0.2, -0.15) is 0 Å². The Kier molecular flexibility index (Phi) is 7.14. The summed E-state index contributed by atoms with van der Waals surface area (Å²) in [7, 11) is 0. The number of aromatic nitrogens is 2. The van der Waals surface area contributed by atoms with Crippen molar-refractivity contribution in [3.8, 4) is 11.5 Å². The molecule has 0 saturated carbocycles. The van der Waals surface area contributed by atoms with Crippen LogP contribution in [-0.2, 0) is 13.0 Å². The molecule has 2 aromatic heterocycles. The fourth-order valence-electron chi connectivity index (χ4n) is 4.71. The zero-order chi connectivity index (χ0) is 29.1. The Balaban J connectivity index is 1.06. The Labute approximate surface area is 238 Å². The van der Waals surface area contributed by atoms with Crippen LogP contribution in [0.1, 0.15) is 32.0 Å². The molecule has 11 heteroatoms. The molecule has 5 aromatic rings. The molecule has 4 N–H and O–H groups in total. The maximum absolute atomic E-state index is 13.3. The maximum Gasteiger partial charge on any atom is 0.586 e. The first kappa shape index (κ1) is 26.8. The first-order valence-electron chi connectivity index (χ1n) is 13.2. The lowest BCUT2D eigenvalue weighted by atomic mass is 10.1. The average Bonchev–Trinajstić information content (AvgIpc) is 3.54. The van der Waals surface area contributed by atoms with Gasteiger partial charge in [0.1, 0.15) is 5.69 Å². The Hall–Kier alpha value is -5.45. The topological polar surface area (TPSA) is 117 Å². The molecular formula is C31H25F2N5O4. The molecule has 1 aliphatic rings. The number of para-hydroxylation sites is 2. The molecule has 42 heavy (non-hydrogen) atoms. The van der Waals surface area contributed by atoms with Crippen LogP contribution < -0.4 is 25.4 Å². The Morgan fingerprint density at radius 1 is 0.905 bits per heavy atom. The zero-order valence-corrected chi connectivity index (χ0v) is 22.1. The van der Waals surface area contributed by atoms with Crippen molar-refractivity contribution in [3.63, 3.8) is 0 Å². The highest BCUT2D eigenvalue weighted by atomic mass is 19.3. The van der Waals surface area contributed by atoms with E-state index in [4.69, 9.17) is 0 Å². The predicted molar refractivity (Wildman–Crippen MR) is 153 cm³/mol. The van der Waals surface area contributed by atoms with Gasteiger partial charge in [0.15, 0.2) is 11.5 Å². The molecular weight excluding hydrogens is 544 g/mol. The summed E-state index contributed by atoms with van der Waals surface area (Å²) < 4.78 is 35.5. The Morgan fingerprint density at radius 3 is 2.62 bits per heavy atom. The zero-order valence-electron chi connectivity index (χ0n) is 22.1. The van der Waals surface area contributed by atoms with Crippen LogP contribution >= 0.6 is 0 Å². The number of amides is 2. The summed E-state index contributed by atoms with van der Waals surface area (Å²) in [6, 6.07) is 22.4. The van der Waals surface area contributed by atoms with Crippen molar-refractivity contribution in [3.05, 3.63) is 114 Å². The van der Waals surface area contributed by atoms with Crippen LogP contribution in [0.2, 0.25) is 0 Å². The number of pyridine rings is 1. The first-order chi connectivity index (χ1) is 20.3. The standard InChI is InChI=1S/C31H25F2N5O4/c32-31(33)41-27-10-9-21(16-28(27)42-31)38-29(39)23-6-2-4-8-25(23)36-17-19-11-13-34-26(15-19)30(40)35-14-12-20-18-37-24-7-3-1-5-22(20)24/h1-11,13,15-16,18,36-37H,12,14,17H2,(H,35,40)(H,38,39). The summed E-state index contributed by atoms with van der Waals surface area (Å²) in [5.41, 5.74) is 4.41. The number of carbonyl (C=O) groups is 2. The number of carbonyl (C=O) groups excluding carboxylic acids is 2.